The van der Waals surface area contributed by atoms with E-state index in [1.807, 2.05) is 0 Å². The maximum absolute atomic E-state index is 5.78. The number of ether oxygens (including phenoxy) is 1. The first-order chi connectivity index (χ1) is 6.29. The summed E-state index contributed by atoms with van der Waals surface area (Å²) in [4.78, 5) is 4.00. The Hall–Kier alpha value is -0.570. The number of rotatable bonds is 3. The van der Waals surface area contributed by atoms with Crippen molar-refractivity contribution in [2.45, 2.75) is 38.2 Å². The molecule has 2 N–H and O–H groups in total. The van der Waals surface area contributed by atoms with Gasteiger partial charge in [0.25, 0.3) is 0 Å². The quantitative estimate of drug-likeness (QED) is 0.534. The van der Waals surface area contributed by atoms with Crippen molar-refractivity contribution in [3.8, 4) is 0 Å². The fourth-order valence-corrected chi connectivity index (χ4v) is 2.12. The highest BCUT2D eigenvalue weighted by Gasteiger charge is 2.25. The van der Waals surface area contributed by atoms with Gasteiger partial charge < -0.3 is 10.5 Å². The minimum Gasteiger partial charge on any atom is -0.385 e. The van der Waals surface area contributed by atoms with Gasteiger partial charge in [-0.15, -0.1) is 0 Å². The van der Waals surface area contributed by atoms with Crippen LogP contribution in [0, 0.1) is 5.92 Å². The van der Waals surface area contributed by atoms with Gasteiger partial charge in [-0.05, 0) is 18.8 Å². The molecule has 0 aromatic heterocycles. The van der Waals surface area contributed by atoms with Crippen LogP contribution in [0.5, 0.6) is 0 Å². The van der Waals surface area contributed by atoms with Crippen molar-refractivity contribution in [3.05, 3.63) is 0 Å². The fraction of sp³-hybridized carbons (Fsp3) is 0.900. The Morgan fingerprint density at radius 1 is 1.38 bits per heavy atom. The second kappa shape index (κ2) is 5.22. The van der Waals surface area contributed by atoms with Gasteiger partial charge in [0.1, 0.15) is 11.9 Å². The predicted molar refractivity (Wildman–Crippen MR) is 54.9 cm³/mol. The van der Waals surface area contributed by atoms with Crippen molar-refractivity contribution < 1.29 is 4.74 Å². The van der Waals surface area contributed by atoms with Crippen molar-refractivity contribution in [2.24, 2.45) is 16.6 Å². The summed E-state index contributed by atoms with van der Waals surface area (Å²) in [6.07, 6.45) is 6.48. The van der Waals surface area contributed by atoms with E-state index in [0.29, 0.717) is 11.8 Å². The molecular formula is C10H20N2O. The molecule has 0 heterocycles. The molecule has 1 aliphatic carbocycles. The normalized spacial score (nSPS) is 23.1. The van der Waals surface area contributed by atoms with Crippen LogP contribution in [0.3, 0.4) is 0 Å². The Morgan fingerprint density at radius 2 is 2.00 bits per heavy atom. The highest BCUT2D eigenvalue weighted by molar-refractivity contribution is 5.85. The summed E-state index contributed by atoms with van der Waals surface area (Å²) >= 11 is 0. The van der Waals surface area contributed by atoms with Crippen LogP contribution in [0.2, 0.25) is 0 Å². The van der Waals surface area contributed by atoms with Gasteiger partial charge in [-0.1, -0.05) is 19.3 Å². The molecule has 1 atom stereocenters. The average molecular weight is 184 g/mol. The molecule has 3 heteroatoms. The van der Waals surface area contributed by atoms with Crippen LogP contribution in [0.4, 0.5) is 0 Å². The van der Waals surface area contributed by atoms with Crippen LogP contribution in [-0.4, -0.2) is 26.1 Å². The molecule has 1 fully saturated rings. The van der Waals surface area contributed by atoms with E-state index in [0.717, 1.165) is 0 Å². The molecule has 1 unspecified atom stereocenters. The first kappa shape index (κ1) is 10.5. The van der Waals surface area contributed by atoms with Crippen LogP contribution in [0.25, 0.3) is 0 Å². The molecule has 0 aliphatic heterocycles. The van der Waals surface area contributed by atoms with Gasteiger partial charge in [0.15, 0.2) is 0 Å². The van der Waals surface area contributed by atoms with E-state index in [4.69, 9.17) is 10.5 Å². The van der Waals surface area contributed by atoms with E-state index in [9.17, 15) is 0 Å². The molecule has 0 aromatic rings. The molecule has 0 spiro atoms. The molecule has 0 aromatic carbocycles. The Morgan fingerprint density at radius 3 is 2.46 bits per heavy atom. The number of aliphatic imine (C=N–C) groups is 1. The van der Waals surface area contributed by atoms with Gasteiger partial charge in [0, 0.05) is 14.2 Å². The number of hydrogen-bond acceptors (Lipinski definition) is 2. The van der Waals surface area contributed by atoms with Crippen LogP contribution in [0.15, 0.2) is 4.99 Å². The summed E-state index contributed by atoms with van der Waals surface area (Å²) in [6.45, 7) is 0. The maximum Gasteiger partial charge on any atom is 0.123 e. The third-order valence-electron chi connectivity index (χ3n) is 2.88. The van der Waals surface area contributed by atoms with Gasteiger partial charge >= 0.3 is 0 Å². The summed E-state index contributed by atoms with van der Waals surface area (Å²) in [5.41, 5.74) is 5.78. The smallest absolute Gasteiger partial charge is 0.123 e. The van der Waals surface area contributed by atoms with Gasteiger partial charge in [-0.25, -0.2) is 0 Å². The predicted octanol–water partition coefficient (Wildman–Crippen LogP) is 1.57. The average Bonchev–Trinajstić information content (AvgIpc) is 2.20. The Labute approximate surface area is 80.4 Å². The van der Waals surface area contributed by atoms with E-state index in [1.54, 1.807) is 14.2 Å². The summed E-state index contributed by atoms with van der Waals surface area (Å²) in [7, 11) is 3.45. The van der Waals surface area contributed by atoms with Crippen LogP contribution < -0.4 is 5.73 Å². The number of hydrogen-bond donors (Lipinski definition) is 1. The first-order valence-electron chi connectivity index (χ1n) is 5.04. The fourth-order valence-electron chi connectivity index (χ4n) is 2.12. The summed E-state index contributed by atoms with van der Waals surface area (Å²) in [5, 5.41) is 0. The molecule has 3 nitrogen and oxygen atoms in total. The molecular weight excluding hydrogens is 164 g/mol. The van der Waals surface area contributed by atoms with Crippen LogP contribution >= 0.6 is 0 Å². The van der Waals surface area contributed by atoms with Crippen molar-refractivity contribution in [2.75, 3.05) is 14.2 Å². The van der Waals surface area contributed by atoms with Crippen LogP contribution in [0.1, 0.15) is 32.1 Å². The Kier molecular flexibility index (Phi) is 4.22. The van der Waals surface area contributed by atoms with E-state index >= 15 is 0 Å². The second-order valence-corrected chi connectivity index (χ2v) is 3.70. The molecule has 0 amide bonds. The lowest BCUT2D eigenvalue weighted by Gasteiger charge is -2.28. The highest BCUT2D eigenvalue weighted by atomic mass is 16.5. The topological polar surface area (TPSA) is 47.6 Å². The SMILES string of the molecule is CN=C(N)C(OC)C1CCCCC1. The van der Waals surface area contributed by atoms with E-state index < -0.39 is 0 Å². The third kappa shape index (κ3) is 2.69. The Balaban J connectivity index is 2.53. The molecule has 0 saturated heterocycles. The lowest BCUT2D eigenvalue weighted by atomic mass is 9.85. The van der Waals surface area contributed by atoms with Crippen molar-refractivity contribution >= 4 is 5.84 Å². The van der Waals surface area contributed by atoms with Gasteiger partial charge in [0.05, 0.1) is 0 Å². The summed E-state index contributed by atoms with van der Waals surface area (Å²) in [6, 6.07) is 0. The Bertz CT molecular complexity index is 174. The largest absolute Gasteiger partial charge is 0.385 e. The summed E-state index contributed by atoms with van der Waals surface area (Å²) in [5.74, 6) is 1.23. The van der Waals surface area contributed by atoms with Crippen LogP contribution in [-0.2, 0) is 4.74 Å². The summed E-state index contributed by atoms with van der Waals surface area (Å²) < 4.78 is 5.39. The van der Waals surface area contributed by atoms with Gasteiger partial charge in [-0.2, -0.15) is 0 Å². The monoisotopic (exact) mass is 184 g/mol. The molecule has 1 aliphatic rings. The van der Waals surface area contributed by atoms with Gasteiger partial charge in [0.2, 0.25) is 0 Å². The molecule has 0 radical (unpaired) electrons. The molecule has 13 heavy (non-hydrogen) atoms. The number of amidine groups is 1. The zero-order chi connectivity index (χ0) is 9.68. The van der Waals surface area contributed by atoms with Gasteiger partial charge in [-0.3, -0.25) is 4.99 Å². The molecule has 1 rings (SSSR count). The lowest BCUT2D eigenvalue weighted by Crippen LogP contribution is -2.38. The first-order valence-corrected chi connectivity index (χ1v) is 5.04. The number of methoxy groups -OCH3 is 1. The molecule has 1 saturated carbocycles. The van der Waals surface area contributed by atoms with E-state index in [1.165, 1.54) is 32.1 Å². The van der Waals surface area contributed by atoms with E-state index in [2.05, 4.69) is 4.99 Å². The lowest BCUT2D eigenvalue weighted by molar-refractivity contribution is 0.0851. The van der Waals surface area contributed by atoms with Crippen molar-refractivity contribution in [3.63, 3.8) is 0 Å². The number of nitrogens with two attached hydrogens (primary N) is 1. The zero-order valence-corrected chi connectivity index (χ0v) is 8.62. The highest BCUT2D eigenvalue weighted by Crippen LogP contribution is 2.27. The standard InChI is InChI=1S/C10H20N2O/c1-12-10(11)9(13-2)8-6-4-3-5-7-8/h8-9H,3-7H2,1-2H3,(H2,11,12). The molecule has 76 valence electrons. The molecule has 0 bridgehead atoms. The van der Waals surface area contributed by atoms with Crippen molar-refractivity contribution in [1.82, 2.24) is 0 Å². The number of nitrogens with zero attached hydrogens (tertiary/aromatic N) is 1. The zero-order valence-electron chi connectivity index (χ0n) is 8.62. The van der Waals surface area contributed by atoms with Crippen molar-refractivity contribution in [1.29, 1.82) is 0 Å². The minimum absolute atomic E-state index is 0.0466. The third-order valence-corrected chi connectivity index (χ3v) is 2.88. The van der Waals surface area contributed by atoms with E-state index in [-0.39, 0.29) is 6.10 Å². The minimum atomic E-state index is 0.0466. The maximum atomic E-state index is 5.78. The second-order valence-electron chi connectivity index (χ2n) is 3.70.